The second-order valence-corrected chi connectivity index (χ2v) is 12.3. The van der Waals surface area contributed by atoms with E-state index < -0.39 is 27.2 Å². The molecule has 0 amide bonds. The van der Waals surface area contributed by atoms with Crippen molar-refractivity contribution < 1.29 is 33.1 Å². The van der Waals surface area contributed by atoms with Crippen molar-refractivity contribution in [1.29, 1.82) is 0 Å². The molecule has 0 aliphatic carbocycles. The summed E-state index contributed by atoms with van der Waals surface area (Å²) in [6.45, 7) is 1.63. The Hall–Kier alpha value is -1.03. The largest absolute Gasteiger partial charge is 0.368 e. The number of hydrogen-bond acceptors (Lipinski definition) is 7. The molecule has 4 heterocycles. The fourth-order valence-corrected chi connectivity index (χ4v) is 6.81. The third-order valence-electron chi connectivity index (χ3n) is 5.40. The molecule has 31 heavy (non-hydrogen) atoms. The van der Waals surface area contributed by atoms with Gasteiger partial charge in [0.05, 0.1) is 30.3 Å². The van der Waals surface area contributed by atoms with E-state index >= 15 is 0 Å². The fraction of sp³-hybridized carbons (Fsp3) is 0.647. The maximum Gasteiger partial charge on any atom is 0.340 e. The first-order valence-corrected chi connectivity index (χ1v) is 14.0. The van der Waals surface area contributed by atoms with E-state index in [0.717, 1.165) is 37.3 Å². The smallest absolute Gasteiger partial charge is 0.340 e. The predicted molar refractivity (Wildman–Crippen MR) is 114 cm³/mol. The molecule has 0 bridgehead atoms. The lowest BCUT2D eigenvalue weighted by atomic mass is 10.1. The first-order chi connectivity index (χ1) is 14.6. The molecule has 14 heteroatoms. The molecule has 2 aromatic rings. The number of halogens is 1. The lowest BCUT2D eigenvalue weighted by Crippen LogP contribution is -2.30. The standard InChI is InChI=1S/C17H25ClN4O7P2/c18-16-8-13(21-6-2-1-3-7-21)17-19-9-14(22(17)20-16)15-5-4-12(29-15)10-28-31(26,27)11-30(23,24)25/h8-9,12,15H,1-7,10-11H2,(H,26,27)(H2,23,24,25)/t12-,15?/m0/s1. The Labute approximate surface area is 184 Å². The molecule has 2 unspecified atom stereocenters. The Bertz CT molecular complexity index is 1040. The first-order valence-electron chi connectivity index (χ1n) is 10.1. The highest BCUT2D eigenvalue weighted by atomic mass is 35.5. The third kappa shape index (κ3) is 5.67. The summed E-state index contributed by atoms with van der Waals surface area (Å²) in [5.41, 5.74) is 2.36. The van der Waals surface area contributed by atoms with Crippen LogP contribution in [0, 0.1) is 0 Å². The van der Waals surface area contributed by atoms with Crippen molar-refractivity contribution in [3.63, 3.8) is 0 Å². The third-order valence-corrected chi connectivity index (χ3v) is 9.04. The summed E-state index contributed by atoms with van der Waals surface area (Å²) in [6, 6.07) is 1.82. The average molecular weight is 495 g/mol. The topological polar surface area (TPSA) is 147 Å². The van der Waals surface area contributed by atoms with Gasteiger partial charge < -0.3 is 28.8 Å². The van der Waals surface area contributed by atoms with E-state index in [1.807, 2.05) is 6.07 Å². The molecular weight excluding hydrogens is 470 g/mol. The van der Waals surface area contributed by atoms with Crippen molar-refractivity contribution in [3.8, 4) is 0 Å². The van der Waals surface area contributed by atoms with Gasteiger partial charge in [0.25, 0.3) is 0 Å². The number of anilines is 1. The van der Waals surface area contributed by atoms with Crippen molar-refractivity contribution >= 4 is 38.1 Å². The molecule has 11 nitrogen and oxygen atoms in total. The van der Waals surface area contributed by atoms with Gasteiger partial charge >= 0.3 is 15.2 Å². The molecule has 2 saturated heterocycles. The normalized spacial score (nSPS) is 24.6. The highest BCUT2D eigenvalue weighted by Gasteiger charge is 2.35. The maximum atomic E-state index is 11.8. The Morgan fingerprint density at radius 1 is 1.19 bits per heavy atom. The number of hydrogen-bond donors (Lipinski definition) is 3. The molecule has 2 fully saturated rings. The summed E-state index contributed by atoms with van der Waals surface area (Å²) >= 11 is 6.29. The minimum Gasteiger partial charge on any atom is -0.368 e. The summed E-state index contributed by atoms with van der Waals surface area (Å²) in [5, 5.41) is 4.75. The predicted octanol–water partition coefficient (Wildman–Crippen LogP) is 2.93. The molecule has 2 aliphatic heterocycles. The van der Waals surface area contributed by atoms with Crippen LogP contribution in [0.15, 0.2) is 12.3 Å². The number of rotatable bonds is 7. The zero-order chi connectivity index (χ0) is 22.2. The van der Waals surface area contributed by atoms with E-state index in [1.165, 1.54) is 6.42 Å². The zero-order valence-corrected chi connectivity index (χ0v) is 19.3. The van der Waals surface area contributed by atoms with Gasteiger partial charge in [0.2, 0.25) is 0 Å². The minimum absolute atomic E-state index is 0.242. The average Bonchev–Trinajstić information content (AvgIpc) is 3.31. The summed E-state index contributed by atoms with van der Waals surface area (Å²) < 4.78 is 35.3. The number of piperidine rings is 1. The second kappa shape index (κ2) is 9.08. The molecule has 0 spiro atoms. The summed E-state index contributed by atoms with van der Waals surface area (Å²) in [5.74, 6) is -1.22. The van der Waals surface area contributed by atoms with Crippen molar-refractivity contribution in [2.75, 3.05) is 30.5 Å². The number of fused-ring (bicyclic) bond motifs is 1. The van der Waals surface area contributed by atoms with E-state index in [9.17, 15) is 14.0 Å². The molecular formula is C17H25ClN4O7P2. The number of nitrogens with zero attached hydrogens (tertiary/aromatic N) is 4. The Balaban J connectivity index is 1.47. The van der Waals surface area contributed by atoms with Gasteiger partial charge in [-0.2, -0.15) is 5.10 Å². The van der Waals surface area contributed by atoms with Gasteiger partial charge in [0, 0.05) is 19.2 Å². The number of imidazole rings is 1. The number of ether oxygens (including phenoxy) is 1. The van der Waals surface area contributed by atoms with Crippen LogP contribution < -0.4 is 4.90 Å². The highest BCUT2D eigenvalue weighted by molar-refractivity contribution is 7.70. The molecule has 0 saturated carbocycles. The van der Waals surface area contributed by atoms with Crippen molar-refractivity contribution in [3.05, 3.63) is 23.1 Å². The van der Waals surface area contributed by atoms with Crippen LogP contribution in [0.5, 0.6) is 0 Å². The lowest BCUT2D eigenvalue weighted by molar-refractivity contribution is 0.0125. The van der Waals surface area contributed by atoms with Gasteiger partial charge in [-0.15, -0.1) is 0 Å². The lowest BCUT2D eigenvalue weighted by Gasteiger charge is -2.29. The zero-order valence-electron chi connectivity index (χ0n) is 16.7. The van der Waals surface area contributed by atoms with Crippen LogP contribution in [0.25, 0.3) is 5.65 Å². The van der Waals surface area contributed by atoms with Crippen LogP contribution >= 0.6 is 26.8 Å². The highest BCUT2D eigenvalue weighted by Crippen LogP contribution is 2.55. The van der Waals surface area contributed by atoms with Gasteiger partial charge in [-0.05, 0) is 32.1 Å². The van der Waals surface area contributed by atoms with E-state index in [1.54, 1.807) is 10.7 Å². The fourth-order valence-electron chi connectivity index (χ4n) is 4.05. The molecule has 0 radical (unpaired) electrons. The van der Waals surface area contributed by atoms with Crippen LogP contribution in [-0.2, 0) is 18.4 Å². The quantitative estimate of drug-likeness (QED) is 0.491. The van der Waals surface area contributed by atoms with Gasteiger partial charge in [0.1, 0.15) is 6.10 Å². The van der Waals surface area contributed by atoms with E-state index in [2.05, 4.69) is 15.0 Å². The van der Waals surface area contributed by atoms with Gasteiger partial charge in [0.15, 0.2) is 16.7 Å². The Kier molecular flexibility index (Phi) is 6.77. The summed E-state index contributed by atoms with van der Waals surface area (Å²) in [4.78, 5) is 34.2. The minimum atomic E-state index is -4.66. The Morgan fingerprint density at radius 3 is 2.65 bits per heavy atom. The monoisotopic (exact) mass is 494 g/mol. The van der Waals surface area contributed by atoms with Gasteiger partial charge in [-0.3, -0.25) is 9.13 Å². The van der Waals surface area contributed by atoms with Gasteiger partial charge in [-0.25, -0.2) is 9.50 Å². The SMILES string of the molecule is O=P(O)(O)CP(=O)(O)OC[C@@H]1CCC(c2cnc3c(N4CCCCC4)cc(Cl)nn23)O1. The van der Waals surface area contributed by atoms with E-state index in [4.69, 9.17) is 30.6 Å². The van der Waals surface area contributed by atoms with E-state index in [-0.39, 0.29) is 12.7 Å². The first kappa shape index (κ1) is 23.1. The molecule has 3 N–H and O–H groups in total. The molecule has 0 aromatic carbocycles. The van der Waals surface area contributed by atoms with Crippen molar-refractivity contribution in [1.82, 2.24) is 14.6 Å². The van der Waals surface area contributed by atoms with Crippen LogP contribution in [0.4, 0.5) is 5.69 Å². The van der Waals surface area contributed by atoms with Crippen LogP contribution in [0.2, 0.25) is 5.15 Å². The molecule has 3 atom stereocenters. The van der Waals surface area contributed by atoms with Crippen LogP contribution in [0.1, 0.15) is 43.9 Å². The molecule has 4 rings (SSSR count). The van der Waals surface area contributed by atoms with E-state index in [0.29, 0.717) is 23.6 Å². The molecule has 172 valence electrons. The van der Waals surface area contributed by atoms with Gasteiger partial charge in [-0.1, -0.05) is 11.6 Å². The molecule has 2 aliphatic rings. The number of aromatic nitrogens is 3. The summed E-state index contributed by atoms with van der Waals surface area (Å²) in [6.07, 6.45) is 5.45. The summed E-state index contributed by atoms with van der Waals surface area (Å²) in [7, 11) is -9.07. The van der Waals surface area contributed by atoms with Crippen LogP contribution in [-0.4, -0.2) is 61.0 Å². The molecule has 2 aromatic heterocycles. The second-order valence-electron chi connectivity index (χ2n) is 7.88. The maximum absolute atomic E-state index is 11.8. The Morgan fingerprint density at radius 2 is 1.94 bits per heavy atom. The van der Waals surface area contributed by atoms with Crippen LogP contribution in [0.3, 0.4) is 0 Å². The van der Waals surface area contributed by atoms with Crippen molar-refractivity contribution in [2.24, 2.45) is 0 Å². The van der Waals surface area contributed by atoms with Crippen molar-refractivity contribution in [2.45, 2.75) is 44.3 Å².